The number of likely N-dealkylation sites (N-methyl/N-ethyl adjacent to an activating group) is 1. The number of rotatable bonds is 6. The quantitative estimate of drug-likeness (QED) is 0.874. The van der Waals surface area contributed by atoms with Crippen LogP contribution in [0.4, 0.5) is 14.5 Å². The third-order valence-electron chi connectivity index (χ3n) is 3.75. The SMILES string of the molecule is CCN(CC1CCCN1)c1ccc(S(=O)(=O)C(F)F)cc1. The summed E-state index contributed by atoms with van der Waals surface area (Å²) in [5.41, 5.74) is 0.847. The Bertz CT molecular complexity index is 555. The number of anilines is 1. The highest BCUT2D eigenvalue weighted by Gasteiger charge is 2.26. The highest BCUT2D eigenvalue weighted by atomic mass is 32.2. The summed E-state index contributed by atoms with van der Waals surface area (Å²) in [7, 11) is -4.51. The topological polar surface area (TPSA) is 49.4 Å². The molecule has 1 atom stereocenters. The number of sulfone groups is 1. The van der Waals surface area contributed by atoms with Crippen LogP contribution in [0.15, 0.2) is 29.2 Å². The minimum Gasteiger partial charge on any atom is -0.370 e. The van der Waals surface area contributed by atoms with Crippen LogP contribution in [0.2, 0.25) is 0 Å². The van der Waals surface area contributed by atoms with Gasteiger partial charge in [0.15, 0.2) is 0 Å². The highest BCUT2D eigenvalue weighted by Crippen LogP contribution is 2.23. The predicted molar refractivity (Wildman–Crippen MR) is 78.5 cm³/mol. The zero-order valence-corrected chi connectivity index (χ0v) is 12.7. The van der Waals surface area contributed by atoms with Crippen molar-refractivity contribution >= 4 is 15.5 Å². The summed E-state index contributed by atoms with van der Waals surface area (Å²) in [4.78, 5) is 1.78. The van der Waals surface area contributed by atoms with Gasteiger partial charge >= 0.3 is 5.76 Å². The van der Waals surface area contributed by atoms with Crippen LogP contribution < -0.4 is 10.2 Å². The fraction of sp³-hybridized carbons (Fsp3) is 0.571. The number of nitrogens with zero attached hydrogens (tertiary/aromatic N) is 1. The molecule has 2 rings (SSSR count). The maximum Gasteiger partial charge on any atom is 0.341 e. The lowest BCUT2D eigenvalue weighted by Crippen LogP contribution is -2.37. The third-order valence-corrected chi connectivity index (χ3v) is 5.15. The Hall–Kier alpha value is -1.21. The fourth-order valence-electron chi connectivity index (χ4n) is 2.55. The molecule has 1 N–H and O–H groups in total. The summed E-state index contributed by atoms with van der Waals surface area (Å²) < 4.78 is 47.8. The first-order valence-corrected chi connectivity index (χ1v) is 8.60. The Morgan fingerprint density at radius 1 is 1.33 bits per heavy atom. The lowest BCUT2D eigenvalue weighted by Gasteiger charge is -2.26. The molecule has 0 spiro atoms. The van der Waals surface area contributed by atoms with Gasteiger partial charge in [-0.2, -0.15) is 8.78 Å². The zero-order chi connectivity index (χ0) is 15.5. The second kappa shape index (κ2) is 6.70. The lowest BCUT2D eigenvalue weighted by molar-refractivity contribution is 0.234. The van der Waals surface area contributed by atoms with Gasteiger partial charge in [-0.15, -0.1) is 0 Å². The molecule has 1 aliphatic rings. The van der Waals surface area contributed by atoms with Crippen molar-refractivity contribution in [2.45, 2.75) is 36.5 Å². The number of halogens is 2. The zero-order valence-electron chi connectivity index (χ0n) is 11.9. The van der Waals surface area contributed by atoms with Gasteiger partial charge in [0, 0.05) is 24.8 Å². The van der Waals surface area contributed by atoms with E-state index in [1.807, 2.05) is 6.92 Å². The van der Waals surface area contributed by atoms with Crippen molar-refractivity contribution in [3.8, 4) is 0 Å². The van der Waals surface area contributed by atoms with Gasteiger partial charge in [0.1, 0.15) is 0 Å². The smallest absolute Gasteiger partial charge is 0.341 e. The molecule has 118 valence electrons. The van der Waals surface area contributed by atoms with Crippen molar-refractivity contribution in [3.05, 3.63) is 24.3 Å². The summed E-state index contributed by atoms with van der Waals surface area (Å²) in [6.45, 7) is 4.64. The van der Waals surface area contributed by atoms with Crippen molar-refractivity contribution in [1.29, 1.82) is 0 Å². The fourth-order valence-corrected chi connectivity index (χ4v) is 3.27. The van der Waals surface area contributed by atoms with E-state index >= 15 is 0 Å². The van der Waals surface area contributed by atoms with Gasteiger partial charge in [-0.3, -0.25) is 0 Å². The van der Waals surface area contributed by atoms with Gasteiger partial charge in [-0.1, -0.05) is 0 Å². The van der Waals surface area contributed by atoms with Crippen molar-refractivity contribution in [3.63, 3.8) is 0 Å². The van der Waals surface area contributed by atoms with E-state index in [9.17, 15) is 17.2 Å². The molecule has 1 fully saturated rings. The molecular weight excluding hydrogens is 298 g/mol. The Kier molecular flexibility index (Phi) is 5.16. The lowest BCUT2D eigenvalue weighted by atomic mass is 10.2. The molecule has 1 aromatic rings. The molecule has 4 nitrogen and oxygen atoms in total. The summed E-state index contributed by atoms with van der Waals surface area (Å²) in [6.07, 6.45) is 2.28. The number of hydrogen-bond acceptors (Lipinski definition) is 4. The third kappa shape index (κ3) is 3.71. The number of benzene rings is 1. The van der Waals surface area contributed by atoms with Crippen LogP contribution >= 0.6 is 0 Å². The molecule has 1 aromatic carbocycles. The van der Waals surface area contributed by atoms with Crippen molar-refractivity contribution in [2.24, 2.45) is 0 Å². The molecular formula is C14H20F2N2O2S. The number of hydrogen-bond donors (Lipinski definition) is 1. The molecule has 0 bridgehead atoms. The molecule has 0 radical (unpaired) electrons. The van der Waals surface area contributed by atoms with Crippen molar-refractivity contribution in [1.82, 2.24) is 5.32 Å². The minimum atomic E-state index is -4.51. The van der Waals surface area contributed by atoms with Crippen LogP contribution in [-0.4, -0.2) is 39.9 Å². The second-order valence-electron chi connectivity index (χ2n) is 5.13. The second-order valence-corrected chi connectivity index (χ2v) is 7.05. The van der Waals surface area contributed by atoms with Gasteiger partial charge in [0.25, 0.3) is 0 Å². The predicted octanol–water partition coefficient (Wildman–Crippen LogP) is 2.26. The van der Waals surface area contributed by atoms with Gasteiger partial charge in [0.05, 0.1) is 4.90 Å². The first-order valence-electron chi connectivity index (χ1n) is 7.05. The van der Waals surface area contributed by atoms with Crippen molar-refractivity contribution < 1.29 is 17.2 Å². The van der Waals surface area contributed by atoms with E-state index in [4.69, 9.17) is 0 Å². The molecule has 0 aliphatic carbocycles. The van der Waals surface area contributed by atoms with E-state index < -0.39 is 15.6 Å². The van der Waals surface area contributed by atoms with Gasteiger partial charge in [-0.25, -0.2) is 8.42 Å². The maximum atomic E-state index is 12.5. The van der Waals surface area contributed by atoms with Crippen molar-refractivity contribution in [2.75, 3.05) is 24.5 Å². The van der Waals surface area contributed by atoms with Crippen LogP contribution in [-0.2, 0) is 9.84 Å². The molecule has 0 aromatic heterocycles. The summed E-state index contributed by atoms with van der Waals surface area (Å²) in [6, 6.07) is 6.11. The highest BCUT2D eigenvalue weighted by molar-refractivity contribution is 7.91. The van der Waals surface area contributed by atoms with E-state index in [2.05, 4.69) is 10.2 Å². The molecule has 1 unspecified atom stereocenters. The standard InChI is InChI=1S/C14H20F2N2O2S/c1-2-18(10-11-4-3-9-17-11)12-5-7-13(8-6-12)21(19,20)14(15)16/h5-8,11,14,17H,2-4,9-10H2,1H3. The minimum absolute atomic E-state index is 0.337. The van der Waals surface area contributed by atoms with Crippen LogP contribution in [0.25, 0.3) is 0 Å². The van der Waals surface area contributed by atoms with E-state index in [1.165, 1.54) is 12.1 Å². The molecule has 1 saturated heterocycles. The average molecular weight is 318 g/mol. The van der Waals surface area contributed by atoms with Crippen LogP contribution in [0.5, 0.6) is 0 Å². The Morgan fingerprint density at radius 2 is 2.00 bits per heavy atom. The number of alkyl halides is 2. The average Bonchev–Trinajstić information content (AvgIpc) is 2.97. The molecule has 0 saturated carbocycles. The van der Waals surface area contributed by atoms with Gasteiger partial charge < -0.3 is 10.2 Å². The summed E-state index contributed by atoms with van der Waals surface area (Å²) in [5.74, 6) is -3.38. The molecule has 1 aliphatic heterocycles. The van der Waals surface area contributed by atoms with E-state index in [0.29, 0.717) is 6.04 Å². The molecule has 1 heterocycles. The Labute approximate surface area is 124 Å². The van der Waals surface area contributed by atoms with E-state index in [1.54, 1.807) is 12.1 Å². The Morgan fingerprint density at radius 3 is 2.48 bits per heavy atom. The number of nitrogens with one attached hydrogen (secondary N) is 1. The normalized spacial score (nSPS) is 19.1. The summed E-state index contributed by atoms with van der Waals surface area (Å²) in [5, 5.41) is 3.40. The van der Waals surface area contributed by atoms with Crippen LogP contribution in [0, 0.1) is 0 Å². The molecule has 21 heavy (non-hydrogen) atoms. The van der Waals surface area contributed by atoms with Gasteiger partial charge in [-0.05, 0) is 50.6 Å². The summed E-state index contributed by atoms with van der Waals surface area (Å²) >= 11 is 0. The van der Waals surface area contributed by atoms with E-state index in [0.717, 1.165) is 38.2 Å². The monoisotopic (exact) mass is 318 g/mol. The first kappa shape index (κ1) is 16.2. The largest absolute Gasteiger partial charge is 0.370 e. The first-order chi connectivity index (χ1) is 9.95. The van der Waals surface area contributed by atoms with Crippen LogP contribution in [0.1, 0.15) is 19.8 Å². The van der Waals surface area contributed by atoms with Gasteiger partial charge in [0.2, 0.25) is 9.84 Å². The Balaban J connectivity index is 2.13. The maximum absolute atomic E-state index is 12.5. The van der Waals surface area contributed by atoms with Crippen LogP contribution in [0.3, 0.4) is 0 Å². The molecule has 7 heteroatoms. The molecule has 0 amide bonds. The van der Waals surface area contributed by atoms with E-state index in [-0.39, 0.29) is 4.90 Å².